The summed E-state index contributed by atoms with van der Waals surface area (Å²) in [6.45, 7) is 1.69. The third-order valence-corrected chi connectivity index (χ3v) is 1.35. The zero-order valence-corrected chi connectivity index (χ0v) is 6.59. The predicted molar refractivity (Wildman–Crippen MR) is 40.1 cm³/mol. The molecule has 1 N–H and O–H groups in total. The Morgan fingerprint density at radius 2 is 2.18 bits per heavy atom. The number of aryl methyl sites for hydroxylation is 1. The quantitative estimate of drug-likeness (QED) is 0.632. The van der Waals surface area contributed by atoms with Gasteiger partial charge < -0.3 is 0 Å². The fraction of sp³-hybridized carbons (Fsp3) is 0.167. The third-order valence-electron chi connectivity index (χ3n) is 1.18. The molecule has 0 aliphatic heterocycles. The number of hydrogen-bond donors (Lipinski definition) is 1. The first-order valence-corrected chi connectivity index (χ1v) is 3.32. The SMILES string of the molecule is Cc1nccnc1C(=O)NCl. The van der Waals surface area contributed by atoms with Crippen LogP contribution in [0.5, 0.6) is 0 Å². The molecule has 4 nitrogen and oxygen atoms in total. The first kappa shape index (κ1) is 7.94. The highest BCUT2D eigenvalue weighted by molar-refractivity contribution is 6.24. The van der Waals surface area contributed by atoms with Gasteiger partial charge in [0, 0.05) is 24.2 Å². The van der Waals surface area contributed by atoms with Crippen LogP contribution in [0.4, 0.5) is 0 Å². The molecule has 0 unspecified atom stereocenters. The normalized spacial score (nSPS) is 9.27. The van der Waals surface area contributed by atoms with Gasteiger partial charge in [-0.2, -0.15) is 0 Å². The maximum absolute atomic E-state index is 10.9. The molecule has 0 radical (unpaired) electrons. The van der Waals surface area contributed by atoms with E-state index >= 15 is 0 Å². The van der Waals surface area contributed by atoms with Gasteiger partial charge in [-0.25, -0.2) is 4.98 Å². The van der Waals surface area contributed by atoms with Gasteiger partial charge in [-0.1, -0.05) is 0 Å². The summed E-state index contributed by atoms with van der Waals surface area (Å²) in [7, 11) is 0. The van der Waals surface area contributed by atoms with E-state index in [1.165, 1.54) is 12.4 Å². The van der Waals surface area contributed by atoms with Crippen LogP contribution in [0.1, 0.15) is 16.2 Å². The minimum atomic E-state index is -0.433. The van der Waals surface area contributed by atoms with E-state index in [4.69, 9.17) is 11.8 Å². The molecule has 1 rings (SSSR count). The van der Waals surface area contributed by atoms with Crippen LogP contribution < -0.4 is 4.84 Å². The van der Waals surface area contributed by atoms with Gasteiger partial charge in [-0.05, 0) is 6.92 Å². The average molecular weight is 172 g/mol. The molecule has 0 aliphatic rings. The molecule has 58 valence electrons. The number of nitrogens with zero attached hydrogens (tertiary/aromatic N) is 2. The van der Waals surface area contributed by atoms with Crippen molar-refractivity contribution in [3.8, 4) is 0 Å². The number of rotatable bonds is 1. The van der Waals surface area contributed by atoms with Crippen molar-refractivity contribution in [3.05, 3.63) is 23.8 Å². The average Bonchev–Trinajstić information content (AvgIpc) is 2.04. The molecule has 11 heavy (non-hydrogen) atoms. The fourth-order valence-electron chi connectivity index (χ4n) is 0.675. The fourth-order valence-corrected chi connectivity index (χ4v) is 0.765. The van der Waals surface area contributed by atoms with Crippen molar-refractivity contribution in [3.63, 3.8) is 0 Å². The van der Waals surface area contributed by atoms with Crippen molar-refractivity contribution in [1.29, 1.82) is 0 Å². The Morgan fingerprint density at radius 3 is 2.73 bits per heavy atom. The molecule has 0 fully saturated rings. The van der Waals surface area contributed by atoms with E-state index in [0.717, 1.165) is 0 Å². The van der Waals surface area contributed by atoms with Gasteiger partial charge in [-0.3, -0.25) is 14.6 Å². The maximum atomic E-state index is 10.9. The second kappa shape index (κ2) is 3.30. The first-order valence-electron chi connectivity index (χ1n) is 2.94. The predicted octanol–water partition coefficient (Wildman–Crippen LogP) is 0.669. The number of aromatic nitrogens is 2. The van der Waals surface area contributed by atoms with Gasteiger partial charge in [0.1, 0.15) is 0 Å². The molecule has 0 saturated heterocycles. The Balaban J connectivity index is 3.03. The zero-order valence-electron chi connectivity index (χ0n) is 5.84. The number of halogens is 1. The number of nitrogens with one attached hydrogen (secondary N) is 1. The van der Waals surface area contributed by atoms with Crippen LogP contribution in [0.15, 0.2) is 12.4 Å². The van der Waals surface area contributed by atoms with E-state index in [-0.39, 0.29) is 5.69 Å². The minimum Gasteiger partial charge on any atom is -0.266 e. The van der Waals surface area contributed by atoms with Gasteiger partial charge in [0.15, 0.2) is 5.69 Å². The second-order valence-corrected chi connectivity index (χ2v) is 2.10. The summed E-state index contributed by atoms with van der Waals surface area (Å²) in [5, 5.41) is 0. The Hall–Kier alpha value is -1.16. The molecule has 1 aromatic heterocycles. The van der Waals surface area contributed by atoms with E-state index in [9.17, 15) is 4.79 Å². The number of amides is 1. The number of hydrogen-bond acceptors (Lipinski definition) is 3. The number of carbonyl (C=O) groups is 1. The first-order chi connectivity index (χ1) is 5.25. The van der Waals surface area contributed by atoms with Crippen LogP contribution >= 0.6 is 11.8 Å². The van der Waals surface area contributed by atoms with Gasteiger partial charge in [0.25, 0.3) is 5.91 Å². The molecule has 1 heterocycles. The van der Waals surface area contributed by atoms with Crippen molar-refractivity contribution >= 4 is 17.7 Å². The molecule has 0 saturated carbocycles. The molecule has 0 bridgehead atoms. The summed E-state index contributed by atoms with van der Waals surface area (Å²) >= 11 is 5.09. The van der Waals surface area contributed by atoms with E-state index in [1.54, 1.807) is 6.92 Å². The highest BCUT2D eigenvalue weighted by Crippen LogP contribution is 1.98. The summed E-state index contributed by atoms with van der Waals surface area (Å²) in [5.74, 6) is -0.433. The standard InChI is InChI=1S/C6H6ClN3O/c1-4-5(6(11)10-7)9-3-2-8-4/h2-3H,1H3,(H,10,11). The van der Waals surface area contributed by atoms with E-state index in [0.29, 0.717) is 5.69 Å². The molecule has 0 aliphatic carbocycles. The lowest BCUT2D eigenvalue weighted by Crippen LogP contribution is -2.16. The molecule has 0 aromatic carbocycles. The molecule has 0 spiro atoms. The Bertz CT molecular complexity index is 276. The largest absolute Gasteiger partial charge is 0.286 e. The summed E-state index contributed by atoms with van der Waals surface area (Å²) < 4.78 is 0. The second-order valence-electron chi connectivity index (χ2n) is 1.91. The van der Waals surface area contributed by atoms with E-state index in [2.05, 4.69) is 9.97 Å². The van der Waals surface area contributed by atoms with E-state index in [1.807, 2.05) is 4.84 Å². The molecule has 5 heteroatoms. The van der Waals surface area contributed by atoms with Crippen LogP contribution in [-0.4, -0.2) is 15.9 Å². The van der Waals surface area contributed by atoms with Gasteiger partial charge in [0.2, 0.25) is 0 Å². The van der Waals surface area contributed by atoms with Crippen LogP contribution in [0.3, 0.4) is 0 Å². The molecule has 1 aromatic rings. The molecule has 0 atom stereocenters. The summed E-state index contributed by atoms with van der Waals surface area (Å²) in [4.78, 5) is 20.5. The highest BCUT2D eigenvalue weighted by atomic mass is 35.5. The zero-order chi connectivity index (χ0) is 8.27. The summed E-state index contributed by atoms with van der Waals surface area (Å²) in [6, 6.07) is 0. The molecular weight excluding hydrogens is 166 g/mol. The van der Waals surface area contributed by atoms with Crippen LogP contribution in [-0.2, 0) is 0 Å². The van der Waals surface area contributed by atoms with Gasteiger partial charge in [0.05, 0.1) is 5.69 Å². The van der Waals surface area contributed by atoms with Crippen LogP contribution in [0.25, 0.3) is 0 Å². The topological polar surface area (TPSA) is 54.9 Å². The lowest BCUT2D eigenvalue weighted by molar-refractivity contribution is 0.0976. The maximum Gasteiger partial charge on any atom is 0.286 e. The smallest absolute Gasteiger partial charge is 0.266 e. The molecule has 1 amide bonds. The van der Waals surface area contributed by atoms with Crippen LogP contribution in [0.2, 0.25) is 0 Å². The highest BCUT2D eigenvalue weighted by Gasteiger charge is 2.08. The van der Waals surface area contributed by atoms with Crippen molar-refractivity contribution in [2.75, 3.05) is 0 Å². The molecular formula is C6H6ClN3O. The van der Waals surface area contributed by atoms with E-state index < -0.39 is 5.91 Å². The van der Waals surface area contributed by atoms with Crippen molar-refractivity contribution < 1.29 is 4.79 Å². The monoisotopic (exact) mass is 171 g/mol. The van der Waals surface area contributed by atoms with Gasteiger partial charge in [-0.15, -0.1) is 0 Å². The minimum absolute atomic E-state index is 0.252. The Kier molecular flexibility index (Phi) is 2.38. The van der Waals surface area contributed by atoms with Crippen molar-refractivity contribution in [2.24, 2.45) is 0 Å². The third kappa shape index (κ3) is 1.65. The number of carbonyl (C=O) groups excluding carboxylic acids is 1. The summed E-state index contributed by atoms with van der Waals surface area (Å²) in [6.07, 6.45) is 2.95. The van der Waals surface area contributed by atoms with Crippen LogP contribution in [0, 0.1) is 6.92 Å². The van der Waals surface area contributed by atoms with Gasteiger partial charge >= 0.3 is 0 Å². The lowest BCUT2D eigenvalue weighted by atomic mass is 10.3. The lowest BCUT2D eigenvalue weighted by Gasteiger charge is -1.98. The Labute approximate surface area is 68.7 Å². The Morgan fingerprint density at radius 1 is 1.55 bits per heavy atom. The summed E-state index contributed by atoms with van der Waals surface area (Å²) in [5.41, 5.74) is 0.813. The van der Waals surface area contributed by atoms with Crippen molar-refractivity contribution in [2.45, 2.75) is 6.92 Å². The van der Waals surface area contributed by atoms with Crippen molar-refractivity contribution in [1.82, 2.24) is 14.8 Å².